The van der Waals surface area contributed by atoms with Crippen molar-refractivity contribution in [3.8, 4) is 16.5 Å². The fraction of sp³-hybridized carbons (Fsp3) is 0.261. The number of fused-ring (bicyclic) bond motifs is 1. The fourth-order valence-electron chi connectivity index (χ4n) is 2.94. The molecule has 0 spiro atoms. The second-order valence-electron chi connectivity index (χ2n) is 7.80. The molecule has 4 aromatic rings. The first-order valence-electron chi connectivity index (χ1n) is 9.19. The summed E-state index contributed by atoms with van der Waals surface area (Å²) >= 11 is 7.60. The van der Waals surface area contributed by atoms with E-state index in [2.05, 4.69) is 38.3 Å². The van der Waals surface area contributed by atoms with E-state index in [-0.39, 0.29) is 5.41 Å². The molecule has 5 heteroatoms. The van der Waals surface area contributed by atoms with E-state index in [1.165, 1.54) is 0 Å². The Labute approximate surface area is 173 Å². The summed E-state index contributed by atoms with van der Waals surface area (Å²) in [7, 11) is 0. The summed E-state index contributed by atoms with van der Waals surface area (Å²) in [4.78, 5) is 4.75. The number of alkyl halides is 1. The molecule has 0 saturated carbocycles. The zero-order valence-electron chi connectivity index (χ0n) is 16.2. The summed E-state index contributed by atoms with van der Waals surface area (Å²) in [5, 5.41) is 4.07. The third-order valence-electron chi connectivity index (χ3n) is 4.58. The number of rotatable bonds is 5. The molecule has 0 bridgehead atoms. The largest absolute Gasteiger partial charge is 0.489 e. The average Bonchev–Trinajstić information content (AvgIpc) is 3.32. The van der Waals surface area contributed by atoms with Crippen LogP contribution in [0.4, 0.5) is 0 Å². The van der Waals surface area contributed by atoms with Gasteiger partial charge in [-0.3, -0.25) is 0 Å². The van der Waals surface area contributed by atoms with E-state index in [9.17, 15) is 0 Å². The van der Waals surface area contributed by atoms with Gasteiger partial charge in [0.15, 0.2) is 10.8 Å². The lowest BCUT2D eigenvalue weighted by molar-refractivity contribution is 0.304. The monoisotopic (exact) mass is 411 g/mol. The Balaban J connectivity index is 1.56. The van der Waals surface area contributed by atoms with Gasteiger partial charge in [-0.15, -0.1) is 22.9 Å². The van der Waals surface area contributed by atoms with Crippen molar-refractivity contribution in [3.05, 3.63) is 70.7 Å². The van der Waals surface area contributed by atoms with Crippen LogP contribution < -0.4 is 4.74 Å². The van der Waals surface area contributed by atoms with Crippen molar-refractivity contribution in [2.75, 3.05) is 0 Å². The van der Waals surface area contributed by atoms with Gasteiger partial charge < -0.3 is 9.15 Å². The molecule has 144 valence electrons. The summed E-state index contributed by atoms with van der Waals surface area (Å²) in [5.74, 6) is 2.06. The molecule has 2 aromatic heterocycles. The maximum atomic E-state index is 6.02. The topological polar surface area (TPSA) is 35.3 Å². The molecule has 3 nitrogen and oxygen atoms in total. The van der Waals surface area contributed by atoms with Gasteiger partial charge in [0, 0.05) is 21.7 Å². The van der Waals surface area contributed by atoms with Gasteiger partial charge in [-0.2, -0.15) is 0 Å². The van der Waals surface area contributed by atoms with Crippen LogP contribution in [0.5, 0.6) is 5.75 Å². The Morgan fingerprint density at radius 2 is 1.93 bits per heavy atom. The number of benzene rings is 2. The smallest absolute Gasteiger partial charge is 0.164 e. The Hall–Kier alpha value is -2.30. The second-order valence-corrected chi connectivity index (χ2v) is 8.93. The number of thiazole rings is 1. The molecule has 28 heavy (non-hydrogen) atoms. The number of halogens is 1. The van der Waals surface area contributed by atoms with Gasteiger partial charge in [-0.05, 0) is 29.8 Å². The van der Waals surface area contributed by atoms with E-state index in [4.69, 9.17) is 25.7 Å². The highest BCUT2D eigenvalue weighted by Crippen LogP contribution is 2.33. The number of ether oxygens (including phenoxy) is 1. The lowest BCUT2D eigenvalue weighted by Gasteiger charge is -2.13. The molecule has 0 N–H and O–H groups in total. The van der Waals surface area contributed by atoms with Gasteiger partial charge >= 0.3 is 0 Å². The van der Waals surface area contributed by atoms with Gasteiger partial charge in [-0.25, -0.2) is 4.98 Å². The minimum Gasteiger partial charge on any atom is -0.489 e. The summed E-state index contributed by atoms with van der Waals surface area (Å²) < 4.78 is 12.0. The van der Waals surface area contributed by atoms with Crippen molar-refractivity contribution < 1.29 is 9.15 Å². The predicted octanol–water partition coefficient (Wildman–Crippen LogP) is 7.17. The maximum absolute atomic E-state index is 6.02. The third-order valence-corrected chi connectivity index (χ3v) is 5.72. The van der Waals surface area contributed by atoms with E-state index in [1.54, 1.807) is 11.3 Å². The van der Waals surface area contributed by atoms with Gasteiger partial charge in [0.2, 0.25) is 0 Å². The highest BCUT2D eigenvalue weighted by molar-refractivity contribution is 7.13. The predicted molar refractivity (Wildman–Crippen MR) is 116 cm³/mol. The van der Waals surface area contributed by atoms with Crippen LogP contribution >= 0.6 is 22.9 Å². The summed E-state index contributed by atoms with van der Waals surface area (Å²) in [6.45, 7) is 6.98. The standard InChI is InChI=1S/C23H22ClNO2S/c1-23(2,3)21-14-28-22(25-21)20-11-17-10-15(8-9-19(17)27-20)13-26-18-7-5-4-6-16(18)12-24/h4-11,14H,12-13H2,1-3H3. The first-order chi connectivity index (χ1) is 13.4. The van der Waals surface area contributed by atoms with Gasteiger partial charge in [-0.1, -0.05) is 45.0 Å². The molecule has 2 aromatic carbocycles. The lowest BCUT2D eigenvalue weighted by Crippen LogP contribution is -2.11. The number of aromatic nitrogens is 1. The average molecular weight is 412 g/mol. The fourth-order valence-corrected chi connectivity index (χ4v) is 4.15. The Kier molecular flexibility index (Phi) is 5.17. The number of furan rings is 1. The molecule has 0 aliphatic heterocycles. The van der Waals surface area contributed by atoms with E-state index in [0.717, 1.165) is 44.3 Å². The van der Waals surface area contributed by atoms with Crippen LogP contribution in [0.25, 0.3) is 21.7 Å². The second kappa shape index (κ2) is 7.61. The van der Waals surface area contributed by atoms with Crippen LogP contribution in [0.2, 0.25) is 0 Å². The van der Waals surface area contributed by atoms with Crippen LogP contribution in [0.15, 0.2) is 58.3 Å². The van der Waals surface area contributed by atoms with Crippen molar-refractivity contribution >= 4 is 33.9 Å². The first-order valence-corrected chi connectivity index (χ1v) is 10.6. The zero-order valence-corrected chi connectivity index (χ0v) is 17.7. The molecule has 2 heterocycles. The van der Waals surface area contributed by atoms with Gasteiger partial charge in [0.05, 0.1) is 11.6 Å². The number of nitrogens with zero attached hydrogens (tertiary/aromatic N) is 1. The lowest BCUT2D eigenvalue weighted by atomic mass is 9.93. The molecule has 0 atom stereocenters. The van der Waals surface area contributed by atoms with Gasteiger partial charge in [0.1, 0.15) is 17.9 Å². The third kappa shape index (κ3) is 3.94. The number of para-hydroxylation sites is 1. The maximum Gasteiger partial charge on any atom is 0.164 e. The SMILES string of the molecule is CC(C)(C)c1csc(-c2cc3cc(COc4ccccc4CCl)ccc3o2)n1. The summed E-state index contributed by atoms with van der Waals surface area (Å²) in [5.41, 5.74) is 4.05. The minimum absolute atomic E-state index is 0.0323. The zero-order chi connectivity index (χ0) is 19.7. The van der Waals surface area contributed by atoms with Crippen LogP contribution in [-0.4, -0.2) is 4.98 Å². The van der Waals surface area contributed by atoms with Crippen molar-refractivity contribution in [2.45, 2.75) is 38.7 Å². The first kappa shape index (κ1) is 19.0. The van der Waals surface area contributed by atoms with Crippen molar-refractivity contribution in [1.82, 2.24) is 4.98 Å². The van der Waals surface area contributed by atoms with Gasteiger partial charge in [0.25, 0.3) is 0 Å². The van der Waals surface area contributed by atoms with Crippen molar-refractivity contribution in [1.29, 1.82) is 0 Å². The molecule has 0 amide bonds. The normalized spacial score (nSPS) is 11.9. The number of hydrogen-bond donors (Lipinski definition) is 0. The van der Waals surface area contributed by atoms with E-state index in [1.807, 2.05) is 36.4 Å². The molecule has 0 aliphatic carbocycles. The minimum atomic E-state index is 0.0323. The van der Waals surface area contributed by atoms with Crippen LogP contribution in [-0.2, 0) is 17.9 Å². The Bertz CT molecular complexity index is 1110. The molecular formula is C23H22ClNO2S. The van der Waals surface area contributed by atoms with Crippen LogP contribution in [0.1, 0.15) is 37.6 Å². The van der Waals surface area contributed by atoms with Crippen LogP contribution in [0.3, 0.4) is 0 Å². The van der Waals surface area contributed by atoms with E-state index in [0.29, 0.717) is 12.5 Å². The van der Waals surface area contributed by atoms with Crippen molar-refractivity contribution in [3.63, 3.8) is 0 Å². The molecule has 0 aliphatic rings. The van der Waals surface area contributed by atoms with E-state index >= 15 is 0 Å². The Morgan fingerprint density at radius 1 is 1.11 bits per heavy atom. The summed E-state index contributed by atoms with van der Waals surface area (Å²) in [6, 6.07) is 16.0. The number of hydrogen-bond acceptors (Lipinski definition) is 4. The highest BCUT2D eigenvalue weighted by Gasteiger charge is 2.19. The highest BCUT2D eigenvalue weighted by atomic mass is 35.5. The quantitative estimate of drug-likeness (QED) is 0.326. The molecule has 0 saturated heterocycles. The molecule has 4 rings (SSSR count). The van der Waals surface area contributed by atoms with Crippen molar-refractivity contribution in [2.24, 2.45) is 0 Å². The molecule has 0 fully saturated rings. The summed E-state index contributed by atoms with van der Waals surface area (Å²) in [6.07, 6.45) is 0. The van der Waals surface area contributed by atoms with E-state index < -0.39 is 0 Å². The molecule has 0 unspecified atom stereocenters. The molecular weight excluding hydrogens is 390 g/mol. The van der Waals surface area contributed by atoms with Crippen LogP contribution in [0, 0.1) is 0 Å². The Morgan fingerprint density at radius 3 is 2.68 bits per heavy atom. The molecule has 0 radical (unpaired) electrons.